The first-order chi connectivity index (χ1) is 18.2. The molecular weight excluding hydrogens is 480 g/mol. The monoisotopic (exact) mass is 502 g/mol. The number of anilines is 1. The molecule has 6 rings (SSSR count). The summed E-state index contributed by atoms with van der Waals surface area (Å²) in [5.41, 5.74) is 3.65. The summed E-state index contributed by atoms with van der Waals surface area (Å²) in [4.78, 5) is 30.3. The van der Waals surface area contributed by atoms with Crippen LogP contribution in [0.4, 0.5) is 5.95 Å². The molecule has 0 atom stereocenters. The zero-order chi connectivity index (χ0) is 25.2. The Bertz CT molecular complexity index is 1640. The highest BCUT2D eigenvalue weighted by molar-refractivity contribution is 7.99. The number of aromatic amines is 1. The molecular formula is C30H22N4O2S. The third-order valence-corrected chi connectivity index (χ3v) is 6.94. The van der Waals surface area contributed by atoms with Crippen molar-refractivity contribution in [3.05, 3.63) is 120 Å². The van der Waals surface area contributed by atoms with Crippen LogP contribution in [0.15, 0.2) is 124 Å². The summed E-state index contributed by atoms with van der Waals surface area (Å²) >= 11 is 1.68. The third-order valence-electron chi connectivity index (χ3n) is 5.94. The van der Waals surface area contributed by atoms with E-state index in [4.69, 9.17) is 14.7 Å². The number of aliphatic imine (C=N–C) groups is 1. The highest BCUT2D eigenvalue weighted by Gasteiger charge is 2.34. The van der Waals surface area contributed by atoms with Crippen LogP contribution in [0.2, 0.25) is 0 Å². The zero-order valence-electron chi connectivity index (χ0n) is 20.0. The van der Waals surface area contributed by atoms with Gasteiger partial charge in [-0.2, -0.15) is 0 Å². The van der Waals surface area contributed by atoms with Crippen molar-refractivity contribution >= 4 is 46.6 Å². The summed E-state index contributed by atoms with van der Waals surface area (Å²) in [6.45, 7) is 0. The van der Waals surface area contributed by atoms with E-state index >= 15 is 0 Å². The van der Waals surface area contributed by atoms with E-state index in [9.17, 15) is 4.79 Å². The number of fused-ring (bicyclic) bond motifs is 1. The van der Waals surface area contributed by atoms with Crippen LogP contribution < -0.4 is 9.64 Å². The Morgan fingerprint density at radius 2 is 1.59 bits per heavy atom. The fourth-order valence-electron chi connectivity index (χ4n) is 4.12. The first-order valence-corrected chi connectivity index (χ1v) is 12.6. The van der Waals surface area contributed by atoms with Crippen LogP contribution in [0.3, 0.4) is 0 Å². The van der Waals surface area contributed by atoms with Gasteiger partial charge < -0.3 is 9.72 Å². The largest absolute Gasteiger partial charge is 0.497 e. The number of ether oxygens (including phenoxy) is 1. The molecule has 1 amide bonds. The average molecular weight is 503 g/mol. The van der Waals surface area contributed by atoms with Crippen LogP contribution in [0, 0.1) is 0 Å². The maximum absolute atomic E-state index is 13.7. The summed E-state index contributed by atoms with van der Waals surface area (Å²) < 4.78 is 5.24. The fourth-order valence-corrected chi connectivity index (χ4v) is 5.00. The molecule has 0 saturated carbocycles. The van der Waals surface area contributed by atoms with E-state index in [1.807, 2.05) is 84.9 Å². The summed E-state index contributed by atoms with van der Waals surface area (Å²) in [5.74, 6) is 1.47. The van der Waals surface area contributed by atoms with E-state index in [1.165, 1.54) is 0 Å². The number of amides is 1. The quantitative estimate of drug-likeness (QED) is 0.267. The highest BCUT2D eigenvalue weighted by Crippen LogP contribution is 2.32. The van der Waals surface area contributed by atoms with Crippen molar-refractivity contribution in [2.75, 3.05) is 12.0 Å². The molecule has 4 aromatic carbocycles. The van der Waals surface area contributed by atoms with E-state index in [0.717, 1.165) is 37.7 Å². The molecule has 0 aliphatic carbocycles. The van der Waals surface area contributed by atoms with Gasteiger partial charge >= 0.3 is 0 Å². The molecule has 2 heterocycles. The van der Waals surface area contributed by atoms with Gasteiger partial charge in [-0.3, -0.25) is 4.79 Å². The molecule has 0 radical (unpaired) electrons. The maximum atomic E-state index is 13.7. The molecule has 1 aliphatic rings. The molecule has 5 aromatic rings. The molecule has 1 aliphatic heterocycles. The highest BCUT2D eigenvalue weighted by atomic mass is 32.2. The van der Waals surface area contributed by atoms with Crippen LogP contribution in [-0.2, 0) is 4.79 Å². The van der Waals surface area contributed by atoms with E-state index < -0.39 is 0 Å². The number of carbonyl (C=O) groups is 1. The Morgan fingerprint density at radius 1 is 0.865 bits per heavy atom. The number of imidazole rings is 1. The van der Waals surface area contributed by atoms with Crippen LogP contribution >= 0.6 is 11.8 Å². The molecule has 0 saturated heterocycles. The molecule has 6 nitrogen and oxygen atoms in total. The predicted molar refractivity (Wildman–Crippen MR) is 148 cm³/mol. The van der Waals surface area contributed by atoms with Crippen molar-refractivity contribution in [1.29, 1.82) is 0 Å². The van der Waals surface area contributed by atoms with Gasteiger partial charge in [0.25, 0.3) is 5.91 Å². The van der Waals surface area contributed by atoms with E-state index in [-0.39, 0.29) is 5.91 Å². The molecule has 0 spiro atoms. The van der Waals surface area contributed by atoms with Gasteiger partial charge in [-0.25, -0.2) is 14.9 Å². The minimum Gasteiger partial charge on any atom is -0.497 e. The predicted octanol–water partition coefficient (Wildman–Crippen LogP) is 6.56. The Hall–Kier alpha value is -4.62. The van der Waals surface area contributed by atoms with Gasteiger partial charge in [-0.15, -0.1) is 0 Å². The molecule has 7 heteroatoms. The lowest BCUT2D eigenvalue weighted by molar-refractivity contribution is -0.113. The van der Waals surface area contributed by atoms with Crippen LogP contribution in [-0.4, -0.2) is 28.8 Å². The van der Waals surface area contributed by atoms with E-state index in [0.29, 0.717) is 17.5 Å². The number of carbonyl (C=O) groups excluding carboxylic acids is 1. The van der Waals surface area contributed by atoms with Crippen LogP contribution in [0.25, 0.3) is 17.1 Å². The molecule has 37 heavy (non-hydrogen) atoms. The molecule has 0 bridgehead atoms. The second-order valence-corrected chi connectivity index (χ2v) is 9.55. The Morgan fingerprint density at radius 3 is 2.32 bits per heavy atom. The van der Waals surface area contributed by atoms with Gasteiger partial charge in [0.2, 0.25) is 5.95 Å². The van der Waals surface area contributed by atoms with Crippen molar-refractivity contribution in [3.8, 4) is 5.75 Å². The first kappa shape index (κ1) is 22.8. The average Bonchev–Trinajstić information content (AvgIpc) is 3.50. The summed E-state index contributed by atoms with van der Waals surface area (Å²) in [6.07, 6.45) is 1.78. The van der Waals surface area contributed by atoms with Gasteiger partial charge in [0.15, 0.2) is 5.84 Å². The number of benzene rings is 4. The SMILES string of the molecule is COc1ccc(/C=C2/N=C(c3ccccc3)N(c3nc4ccc(Sc5ccccc5)cc4[nH]3)C2=O)cc1. The number of nitrogens with zero attached hydrogens (tertiary/aromatic N) is 3. The number of nitrogens with one attached hydrogen (secondary N) is 1. The van der Waals surface area contributed by atoms with E-state index in [2.05, 4.69) is 23.2 Å². The van der Waals surface area contributed by atoms with Crippen molar-refractivity contribution in [2.24, 2.45) is 4.99 Å². The minimum atomic E-state index is -0.243. The second-order valence-electron chi connectivity index (χ2n) is 8.40. The molecule has 0 fully saturated rings. The van der Waals surface area contributed by atoms with Crippen molar-refractivity contribution < 1.29 is 9.53 Å². The molecule has 1 N–H and O–H groups in total. The maximum Gasteiger partial charge on any atom is 0.285 e. The lowest BCUT2D eigenvalue weighted by Crippen LogP contribution is -2.33. The molecule has 0 unspecified atom stereocenters. The van der Waals surface area contributed by atoms with Crippen molar-refractivity contribution in [3.63, 3.8) is 0 Å². The standard InChI is InChI=1S/C30H22N4O2S/c1-36-22-14-12-20(13-15-22)18-27-29(35)34(28(31-27)21-8-4-2-5-9-21)30-32-25-17-16-24(19-26(25)33-30)37-23-10-6-3-7-11-23/h2-19H,1H3,(H,32,33)/b27-18+. The lowest BCUT2D eigenvalue weighted by atomic mass is 10.2. The van der Waals surface area contributed by atoms with Gasteiger partial charge in [0.05, 0.1) is 18.1 Å². The van der Waals surface area contributed by atoms with E-state index in [1.54, 1.807) is 29.8 Å². The second kappa shape index (κ2) is 9.79. The Labute approximate surface area is 218 Å². The van der Waals surface area contributed by atoms with Crippen LogP contribution in [0.1, 0.15) is 11.1 Å². The number of hydrogen-bond acceptors (Lipinski definition) is 5. The Balaban J connectivity index is 1.38. The number of methoxy groups -OCH3 is 1. The zero-order valence-corrected chi connectivity index (χ0v) is 20.8. The summed E-state index contributed by atoms with van der Waals surface area (Å²) in [5, 5.41) is 0. The van der Waals surface area contributed by atoms with Crippen molar-refractivity contribution in [2.45, 2.75) is 9.79 Å². The summed E-state index contributed by atoms with van der Waals surface area (Å²) in [6, 6.07) is 33.4. The number of amidine groups is 1. The third kappa shape index (κ3) is 4.64. The van der Waals surface area contributed by atoms with Gasteiger partial charge in [0.1, 0.15) is 11.4 Å². The summed E-state index contributed by atoms with van der Waals surface area (Å²) in [7, 11) is 1.62. The normalized spacial score (nSPS) is 14.4. The van der Waals surface area contributed by atoms with Gasteiger partial charge in [-0.05, 0) is 54.1 Å². The minimum absolute atomic E-state index is 0.243. The van der Waals surface area contributed by atoms with Crippen LogP contribution in [0.5, 0.6) is 5.75 Å². The number of aromatic nitrogens is 2. The fraction of sp³-hybridized carbons (Fsp3) is 0.0333. The Kier molecular flexibility index (Phi) is 6.04. The number of hydrogen-bond donors (Lipinski definition) is 1. The molecule has 180 valence electrons. The topological polar surface area (TPSA) is 70.6 Å². The molecule has 1 aromatic heterocycles. The number of H-pyrrole nitrogens is 1. The number of rotatable bonds is 6. The first-order valence-electron chi connectivity index (χ1n) is 11.7. The van der Waals surface area contributed by atoms with Gasteiger partial charge in [0, 0.05) is 15.4 Å². The van der Waals surface area contributed by atoms with Crippen molar-refractivity contribution in [1.82, 2.24) is 9.97 Å². The lowest BCUT2D eigenvalue weighted by Gasteiger charge is -2.15. The van der Waals surface area contributed by atoms with Gasteiger partial charge in [-0.1, -0.05) is 72.4 Å². The smallest absolute Gasteiger partial charge is 0.285 e.